The van der Waals surface area contributed by atoms with E-state index in [9.17, 15) is 9.59 Å². The largest absolute Gasteiger partial charge is 0.463 e. The molecule has 0 unspecified atom stereocenters. The van der Waals surface area contributed by atoms with Gasteiger partial charge in [0.2, 0.25) is 0 Å². The molecule has 3 rings (SSSR count). The normalized spacial score (nSPS) is 7.90. The number of aromatic nitrogens is 5. The summed E-state index contributed by atoms with van der Waals surface area (Å²) in [5, 5.41) is 13.7. The third-order valence-electron chi connectivity index (χ3n) is 3.31. The van der Waals surface area contributed by atoms with Gasteiger partial charge in [-0.05, 0) is 43.3 Å². The van der Waals surface area contributed by atoms with Crippen molar-refractivity contribution in [2.75, 3.05) is 6.61 Å². The third-order valence-corrected chi connectivity index (χ3v) is 3.31. The summed E-state index contributed by atoms with van der Waals surface area (Å²) >= 11 is 0. The van der Waals surface area contributed by atoms with Gasteiger partial charge in [0.1, 0.15) is 23.0 Å². The maximum absolute atomic E-state index is 10.1. The van der Waals surface area contributed by atoms with Crippen molar-refractivity contribution in [1.82, 2.24) is 30.6 Å². The van der Waals surface area contributed by atoms with Gasteiger partial charge >= 0.3 is 5.97 Å². The van der Waals surface area contributed by atoms with Crippen LogP contribution in [0.3, 0.4) is 0 Å². The Morgan fingerprint density at radius 1 is 1.08 bits per heavy atom. The van der Waals surface area contributed by atoms with Gasteiger partial charge in [-0.3, -0.25) is 42.4 Å². The first-order valence-electron chi connectivity index (χ1n) is 10.3. The number of hydrogen-bond donors (Lipinski definition) is 7. The molecule has 0 aliphatic heterocycles. The van der Waals surface area contributed by atoms with E-state index in [1.807, 2.05) is 23.6 Å². The van der Waals surface area contributed by atoms with Crippen LogP contribution in [0.25, 0.3) is 17.6 Å². The first kappa shape index (κ1) is 41.3. The minimum absolute atomic E-state index is 0. The standard InChI is InChI=1S/C9H8N4.C6H7N3.C5H8O2.C3H6N2O.ClH.H4N2.H2O/c1-2-8-11-9(13-12-8)7-5-3-4-6-10-7;7-6(8)5-3-1-2-4-9-5;1-3-5(6)7-4-2;1-2-3(6)5-4;;1-2;/h2-6H,1H2,(H,11,12,13);1-4H,(H3,7,8);3H,1,4H2,2H3;2H,1,4H2,(H,5,6);1H;1-2H2;1H2. The highest BCUT2D eigenvalue weighted by atomic mass is 35.5. The molecule has 15 nitrogen and oxygen atoms in total. The van der Waals surface area contributed by atoms with Crippen LogP contribution in [0.2, 0.25) is 0 Å². The van der Waals surface area contributed by atoms with Gasteiger partial charge in [0.15, 0.2) is 5.82 Å². The Hall–Kier alpha value is -4.80. The van der Waals surface area contributed by atoms with Crippen molar-refractivity contribution < 1.29 is 19.8 Å². The summed E-state index contributed by atoms with van der Waals surface area (Å²) in [5.74, 6) is 13.1. The van der Waals surface area contributed by atoms with Crippen molar-refractivity contribution in [3.63, 3.8) is 0 Å². The van der Waals surface area contributed by atoms with Gasteiger partial charge in [0.25, 0.3) is 5.91 Å². The number of pyridine rings is 2. The van der Waals surface area contributed by atoms with Gasteiger partial charge in [0, 0.05) is 18.5 Å². The number of nitrogen functional groups attached to an aromatic ring is 1. The van der Waals surface area contributed by atoms with Crippen LogP contribution in [0.5, 0.6) is 0 Å². The Morgan fingerprint density at radius 3 is 1.95 bits per heavy atom. The second kappa shape index (κ2) is 27.8. The zero-order chi connectivity index (χ0) is 28.5. The SMILES string of the molecule is C=CC(=O)NN.C=CC(=O)OCC.C=Cc1nc(-c2ccccn2)n[nH]1.Cl.N=C(N)c1ccccn1.NN.O. The fourth-order valence-corrected chi connectivity index (χ4v) is 1.76. The molecule has 0 aromatic carbocycles. The number of aromatic amines is 1. The average Bonchev–Trinajstić information content (AvgIpc) is 3.45. The van der Waals surface area contributed by atoms with E-state index in [1.165, 1.54) is 0 Å². The molecule has 3 heterocycles. The topological polar surface area (TPSA) is 282 Å². The number of nitrogens with zero attached hydrogens (tertiary/aromatic N) is 4. The number of nitrogens with two attached hydrogens (primary N) is 4. The highest BCUT2D eigenvalue weighted by Crippen LogP contribution is 2.09. The molecule has 0 bridgehead atoms. The van der Waals surface area contributed by atoms with Crippen LogP contribution >= 0.6 is 12.4 Å². The number of H-pyrrole nitrogens is 1. The predicted octanol–water partition coefficient (Wildman–Crippen LogP) is 0.189. The molecule has 0 spiro atoms. The smallest absolute Gasteiger partial charge is 0.330 e. The number of carbonyl (C=O) groups is 2. The lowest BCUT2D eigenvalue weighted by Crippen LogP contribution is -2.27. The summed E-state index contributed by atoms with van der Waals surface area (Å²) in [4.78, 5) is 32.0. The highest BCUT2D eigenvalue weighted by molar-refractivity contribution is 5.92. The quantitative estimate of drug-likeness (QED) is 0.0402. The number of rotatable bonds is 6. The van der Waals surface area contributed by atoms with Gasteiger partial charge in [-0.1, -0.05) is 31.9 Å². The van der Waals surface area contributed by atoms with Gasteiger partial charge in [-0.25, -0.2) is 15.6 Å². The van der Waals surface area contributed by atoms with Crippen LogP contribution < -0.4 is 28.7 Å². The number of amidine groups is 1. The monoisotopic (exact) mass is 565 g/mol. The molecule has 3 aromatic heterocycles. The van der Waals surface area contributed by atoms with E-state index in [-0.39, 0.29) is 35.6 Å². The molecule has 214 valence electrons. The van der Waals surface area contributed by atoms with E-state index in [4.69, 9.17) is 11.1 Å². The molecule has 0 aliphatic carbocycles. The zero-order valence-electron chi connectivity index (χ0n) is 21.4. The minimum Gasteiger partial charge on any atom is -0.463 e. The first-order valence-corrected chi connectivity index (χ1v) is 10.3. The molecule has 0 radical (unpaired) electrons. The lowest BCUT2D eigenvalue weighted by molar-refractivity contribution is -0.137. The summed E-state index contributed by atoms with van der Waals surface area (Å²) in [5.41, 5.74) is 8.27. The van der Waals surface area contributed by atoms with E-state index in [1.54, 1.807) is 43.6 Å². The molecule has 39 heavy (non-hydrogen) atoms. The number of nitrogens with one attached hydrogen (secondary N) is 3. The number of esters is 1. The fourth-order valence-electron chi connectivity index (χ4n) is 1.76. The molecular formula is C23H36ClN11O4. The molecule has 3 aromatic rings. The Labute approximate surface area is 232 Å². The Morgan fingerprint density at radius 2 is 1.67 bits per heavy atom. The number of hydrazine groups is 2. The van der Waals surface area contributed by atoms with Crippen LogP contribution in [0.1, 0.15) is 18.4 Å². The number of ether oxygens (including phenoxy) is 1. The maximum atomic E-state index is 10.1. The second-order valence-electron chi connectivity index (χ2n) is 5.76. The van der Waals surface area contributed by atoms with Crippen molar-refractivity contribution in [3.8, 4) is 11.5 Å². The highest BCUT2D eigenvalue weighted by Gasteiger charge is 2.03. The molecule has 16 heteroatoms. The molecular weight excluding hydrogens is 530 g/mol. The zero-order valence-corrected chi connectivity index (χ0v) is 22.2. The number of carbonyl (C=O) groups excluding carboxylic acids is 2. The first-order chi connectivity index (χ1) is 17.8. The third kappa shape index (κ3) is 21.0. The van der Waals surface area contributed by atoms with Crippen molar-refractivity contribution in [3.05, 3.63) is 92.2 Å². The van der Waals surface area contributed by atoms with Crippen LogP contribution in [-0.2, 0) is 14.3 Å². The fraction of sp³-hybridized carbons (Fsp3) is 0.0870. The average molecular weight is 566 g/mol. The number of hydrogen-bond acceptors (Lipinski definition) is 11. The van der Waals surface area contributed by atoms with E-state index < -0.39 is 0 Å². The van der Waals surface area contributed by atoms with Crippen molar-refractivity contribution in [2.45, 2.75) is 6.92 Å². The van der Waals surface area contributed by atoms with Gasteiger partial charge < -0.3 is 15.9 Å². The van der Waals surface area contributed by atoms with Gasteiger partial charge in [-0.15, -0.1) is 12.4 Å². The summed E-state index contributed by atoms with van der Waals surface area (Å²) in [6.07, 6.45) is 7.17. The van der Waals surface area contributed by atoms with Crippen LogP contribution in [0.4, 0.5) is 0 Å². The minimum atomic E-state index is -0.366. The van der Waals surface area contributed by atoms with Gasteiger partial charge in [-0.2, -0.15) is 5.10 Å². The van der Waals surface area contributed by atoms with Crippen LogP contribution in [0.15, 0.2) is 80.7 Å². The van der Waals surface area contributed by atoms with E-state index in [0.29, 0.717) is 23.9 Å². The molecule has 1 amide bonds. The van der Waals surface area contributed by atoms with Crippen molar-refractivity contribution in [1.29, 1.82) is 5.41 Å². The molecule has 0 aliphatic rings. The van der Waals surface area contributed by atoms with E-state index >= 15 is 0 Å². The number of halogens is 1. The lowest BCUT2D eigenvalue weighted by Gasteiger charge is -1.91. The predicted molar refractivity (Wildman–Crippen MR) is 154 cm³/mol. The molecule has 13 N–H and O–H groups in total. The maximum Gasteiger partial charge on any atom is 0.330 e. The number of amides is 1. The van der Waals surface area contributed by atoms with Crippen LogP contribution in [0, 0.1) is 5.41 Å². The van der Waals surface area contributed by atoms with Crippen molar-refractivity contribution in [2.24, 2.45) is 23.3 Å². The Balaban J connectivity index is -0.000000211. The molecule has 0 fully saturated rings. The molecule has 0 atom stereocenters. The second-order valence-corrected chi connectivity index (χ2v) is 5.76. The van der Waals surface area contributed by atoms with Crippen LogP contribution in [-0.4, -0.2) is 54.9 Å². The summed E-state index contributed by atoms with van der Waals surface area (Å²) in [6, 6.07) is 10.9. The van der Waals surface area contributed by atoms with E-state index in [2.05, 4.69) is 67.2 Å². The van der Waals surface area contributed by atoms with Crippen molar-refractivity contribution >= 4 is 36.2 Å². The lowest BCUT2D eigenvalue weighted by atomic mass is 10.3. The molecule has 0 saturated carbocycles. The Kier molecular flexibility index (Phi) is 29.4. The van der Waals surface area contributed by atoms with Gasteiger partial charge in [0.05, 0.1) is 6.61 Å². The summed E-state index contributed by atoms with van der Waals surface area (Å²) < 4.78 is 4.43. The van der Waals surface area contributed by atoms with E-state index in [0.717, 1.165) is 17.8 Å². The molecule has 0 saturated heterocycles. The summed E-state index contributed by atoms with van der Waals surface area (Å²) in [6.45, 7) is 12.1. The summed E-state index contributed by atoms with van der Waals surface area (Å²) in [7, 11) is 0. The Bertz CT molecular complexity index is 1080.